The molecule has 0 atom stereocenters. The first-order valence-electron chi connectivity index (χ1n) is 8.85. The third kappa shape index (κ3) is 4.84. The standard InChI is InChI=1S/C19H21Cl2N3O4S/c1-23-7-9-24(10-8-23)29(26,27)14-4-6-18(28-2)17(12-14)22-19(25)15-5-3-13(20)11-16(15)21/h3-6,11-12H,7-10H2,1-2H3,(H,22,25). The minimum atomic E-state index is -3.69. The van der Waals surface area contributed by atoms with Crippen LogP contribution in [0.15, 0.2) is 41.3 Å². The number of hydrogen-bond acceptors (Lipinski definition) is 5. The van der Waals surface area contributed by atoms with Gasteiger partial charge in [0.05, 0.1) is 28.3 Å². The lowest BCUT2D eigenvalue weighted by Gasteiger charge is -2.31. The van der Waals surface area contributed by atoms with E-state index in [1.54, 1.807) is 6.07 Å². The molecule has 1 amide bonds. The number of benzene rings is 2. The number of carbonyl (C=O) groups excluding carboxylic acids is 1. The first-order valence-corrected chi connectivity index (χ1v) is 11.0. The zero-order chi connectivity index (χ0) is 21.2. The summed E-state index contributed by atoms with van der Waals surface area (Å²) >= 11 is 12.0. The Labute approximate surface area is 180 Å². The summed E-state index contributed by atoms with van der Waals surface area (Å²) in [5.74, 6) is -0.167. The quantitative estimate of drug-likeness (QED) is 0.745. The summed E-state index contributed by atoms with van der Waals surface area (Å²) in [6, 6.07) is 8.89. The largest absolute Gasteiger partial charge is 0.495 e. The molecule has 1 aliphatic rings. The van der Waals surface area contributed by atoms with Crippen LogP contribution < -0.4 is 10.1 Å². The summed E-state index contributed by atoms with van der Waals surface area (Å²) in [5.41, 5.74) is 0.448. The van der Waals surface area contributed by atoms with Crippen LogP contribution in [0.25, 0.3) is 0 Å². The number of likely N-dealkylation sites (N-methyl/N-ethyl adjacent to an activating group) is 1. The van der Waals surface area contributed by atoms with E-state index in [-0.39, 0.29) is 21.2 Å². The molecule has 0 bridgehead atoms. The topological polar surface area (TPSA) is 79.0 Å². The lowest BCUT2D eigenvalue weighted by molar-refractivity contribution is 0.102. The van der Waals surface area contributed by atoms with Crippen LogP contribution in [0.4, 0.5) is 5.69 Å². The highest BCUT2D eigenvalue weighted by molar-refractivity contribution is 7.89. The fraction of sp³-hybridized carbons (Fsp3) is 0.316. The average molecular weight is 458 g/mol. The molecule has 156 valence electrons. The Hall–Kier alpha value is -1.84. The highest BCUT2D eigenvalue weighted by Crippen LogP contribution is 2.30. The van der Waals surface area contributed by atoms with E-state index in [4.69, 9.17) is 27.9 Å². The fourth-order valence-corrected chi connectivity index (χ4v) is 4.93. The van der Waals surface area contributed by atoms with E-state index >= 15 is 0 Å². The third-order valence-corrected chi connectivity index (χ3v) is 7.14. The molecule has 2 aromatic rings. The van der Waals surface area contributed by atoms with Gasteiger partial charge in [-0.2, -0.15) is 4.31 Å². The number of sulfonamides is 1. The normalized spacial score (nSPS) is 15.9. The second-order valence-electron chi connectivity index (χ2n) is 6.65. The second kappa shape index (κ2) is 8.89. The third-order valence-electron chi connectivity index (χ3n) is 4.69. The van der Waals surface area contributed by atoms with Crippen molar-refractivity contribution in [2.45, 2.75) is 4.90 Å². The van der Waals surface area contributed by atoms with Gasteiger partial charge in [0.1, 0.15) is 5.75 Å². The maximum atomic E-state index is 13.0. The molecular formula is C19H21Cl2N3O4S. The molecule has 0 saturated carbocycles. The zero-order valence-electron chi connectivity index (χ0n) is 16.0. The Morgan fingerprint density at radius 3 is 2.38 bits per heavy atom. The van der Waals surface area contributed by atoms with Gasteiger partial charge in [0.15, 0.2) is 0 Å². The van der Waals surface area contributed by atoms with E-state index in [2.05, 4.69) is 10.2 Å². The highest BCUT2D eigenvalue weighted by atomic mass is 35.5. The van der Waals surface area contributed by atoms with Gasteiger partial charge in [0, 0.05) is 31.2 Å². The van der Waals surface area contributed by atoms with E-state index < -0.39 is 15.9 Å². The average Bonchev–Trinajstić information content (AvgIpc) is 2.68. The van der Waals surface area contributed by atoms with E-state index in [0.717, 1.165) is 0 Å². The van der Waals surface area contributed by atoms with Gasteiger partial charge in [-0.1, -0.05) is 23.2 Å². The molecule has 0 spiro atoms. The molecule has 1 heterocycles. The minimum Gasteiger partial charge on any atom is -0.495 e. The van der Waals surface area contributed by atoms with Gasteiger partial charge >= 0.3 is 0 Å². The lowest BCUT2D eigenvalue weighted by Crippen LogP contribution is -2.47. The number of amides is 1. The maximum absolute atomic E-state index is 13.0. The number of rotatable bonds is 5. The monoisotopic (exact) mass is 457 g/mol. The predicted molar refractivity (Wildman–Crippen MR) is 114 cm³/mol. The van der Waals surface area contributed by atoms with Gasteiger partial charge in [0.25, 0.3) is 5.91 Å². The van der Waals surface area contributed by atoms with Crippen molar-refractivity contribution in [2.24, 2.45) is 0 Å². The van der Waals surface area contributed by atoms with Crippen molar-refractivity contribution >= 4 is 44.8 Å². The van der Waals surface area contributed by atoms with Crippen molar-refractivity contribution in [3.63, 3.8) is 0 Å². The minimum absolute atomic E-state index is 0.0837. The first-order chi connectivity index (χ1) is 13.7. The fourth-order valence-electron chi connectivity index (χ4n) is 2.99. The molecule has 0 aromatic heterocycles. The Balaban J connectivity index is 1.90. The van der Waals surface area contributed by atoms with Crippen LogP contribution in [-0.2, 0) is 10.0 Å². The SMILES string of the molecule is COc1ccc(S(=O)(=O)N2CCN(C)CC2)cc1NC(=O)c1ccc(Cl)cc1Cl. The number of nitrogens with one attached hydrogen (secondary N) is 1. The predicted octanol–water partition coefficient (Wildman–Crippen LogP) is 3.19. The van der Waals surface area contributed by atoms with Gasteiger partial charge in [-0.05, 0) is 43.4 Å². The number of anilines is 1. The molecule has 29 heavy (non-hydrogen) atoms. The second-order valence-corrected chi connectivity index (χ2v) is 9.43. The van der Waals surface area contributed by atoms with E-state index in [1.807, 2.05) is 7.05 Å². The molecule has 2 aromatic carbocycles. The highest BCUT2D eigenvalue weighted by Gasteiger charge is 2.28. The summed E-state index contributed by atoms with van der Waals surface area (Å²) < 4.78 is 32.7. The number of carbonyl (C=O) groups is 1. The zero-order valence-corrected chi connectivity index (χ0v) is 18.3. The van der Waals surface area contributed by atoms with E-state index in [0.29, 0.717) is 37.0 Å². The van der Waals surface area contributed by atoms with Crippen LogP contribution in [0.1, 0.15) is 10.4 Å². The number of halogens is 2. The molecule has 3 rings (SSSR count). The first kappa shape index (κ1) is 21.9. The number of hydrogen-bond donors (Lipinski definition) is 1. The van der Waals surface area contributed by atoms with Crippen molar-refractivity contribution in [1.82, 2.24) is 9.21 Å². The summed E-state index contributed by atoms with van der Waals surface area (Å²) in [5, 5.41) is 3.27. The molecule has 1 fully saturated rings. The van der Waals surface area contributed by atoms with Gasteiger partial charge in [-0.15, -0.1) is 0 Å². The molecule has 0 unspecified atom stereocenters. The van der Waals surface area contributed by atoms with E-state index in [9.17, 15) is 13.2 Å². The van der Waals surface area contributed by atoms with Crippen molar-refractivity contribution < 1.29 is 17.9 Å². The van der Waals surface area contributed by atoms with Crippen LogP contribution in [0.2, 0.25) is 10.0 Å². The molecule has 1 N–H and O–H groups in total. The molecule has 1 aliphatic heterocycles. The van der Waals surface area contributed by atoms with Crippen LogP contribution in [0.3, 0.4) is 0 Å². The van der Waals surface area contributed by atoms with Crippen LogP contribution >= 0.6 is 23.2 Å². The van der Waals surface area contributed by atoms with Gasteiger partial charge in [-0.25, -0.2) is 8.42 Å². The Morgan fingerprint density at radius 1 is 1.07 bits per heavy atom. The van der Waals surface area contributed by atoms with E-state index in [1.165, 1.54) is 41.7 Å². The van der Waals surface area contributed by atoms with Crippen LogP contribution in [0.5, 0.6) is 5.75 Å². The molecule has 7 nitrogen and oxygen atoms in total. The molecule has 1 saturated heterocycles. The van der Waals surface area contributed by atoms with Crippen molar-refractivity contribution in [3.8, 4) is 5.75 Å². The van der Waals surface area contributed by atoms with Crippen LogP contribution in [0, 0.1) is 0 Å². The molecule has 10 heteroatoms. The Kier molecular flexibility index (Phi) is 6.70. The summed E-state index contributed by atoms with van der Waals surface area (Å²) in [6.07, 6.45) is 0. The van der Waals surface area contributed by atoms with Crippen LogP contribution in [-0.4, -0.2) is 63.9 Å². The lowest BCUT2D eigenvalue weighted by atomic mass is 10.2. The number of methoxy groups -OCH3 is 1. The number of nitrogens with zero attached hydrogens (tertiary/aromatic N) is 2. The van der Waals surface area contributed by atoms with Gasteiger partial charge in [0.2, 0.25) is 10.0 Å². The number of ether oxygens (including phenoxy) is 1. The summed E-state index contributed by atoms with van der Waals surface area (Å²) in [7, 11) is -0.300. The van der Waals surface area contributed by atoms with Gasteiger partial charge < -0.3 is 15.0 Å². The van der Waals surface area contributed by atoms with Crippen molar-refractivity contribution in [3.05, 3.63) is 52.0 Å². The van der Waals surface area contributed by atoms with Crippen molar-refractivity contribution in [1.29, 1.82) is 0 Å². The Bertz CT molecular complexity index is 1020. The molecule has 0 aliphatic carbocycles. The van der Waals surface area contributed by atoms with Crippen molar-refractivity contribution in [2.75, 3.05) is 45.7 Å². The number of piperazine rings is 1. The Morgan fingerprint density at radius 2 is 1.76 bits per heavy atom. The smallest absolute Gasteiger partial charge is 0.257 e. The molecule has 0 radical (unpaired) electrons. The van der Waals surface area contributed by atoms with Gasteiger partial charge in [-0.3, -0.25) is 4.79 Å². The maximum Gasteiger partial charge on any atom is 0.257 e. The molecular weight excluding hydrogens is 437 g/mol. The summed E-state index contributed by atoms with van der Waals surface area (Å²) in [6.45, 7) is 2.14. The summed E-state index contributed by atoms with van der Waals surface area (Å²) in [4.78, 5) is 14.8.